The Bertz CT molecular complexity index is 616. The lowest BCUT2D eigenvalue weighted by molar-refractivity contribution is -0.133. The number of fused-ring (bicyclic) bond motifs is 1. The van der Waals surface area contributed by atoms with E-state index in [-0.39, 0.29) is 0 Å². The molecule has 0 radical (unpaired) electrons. The molecule has 2 aromatic rings. The van der Waals surface area contributed by atoms with Crippen molar-refractivity contribution >= 4 is 28.7 Å². The van der Waals surface area contributed by atoms with Crippen LogP contribution in [-0.2, 0) is 4.79 Å². The second-order valence-corrected chi connectivity index (χ2v) is 3.44. The second kappa shape index (κ2) is 4.47. The van der Waals surface area contributed by atoms with Crippen LogP contribution in [-0.4, -0.2) is 26.6 Å². The molecule has 84 valence electrons. The van der Waals surface area contributed by atoms with E-state index in [2.05, 4.69) is 9.77 Å². The minimum Gasteiger partial charge on any atom is -0.472 e. The van der Waals surface area contributed by atoms with E-state index in [1.807, 2.05) is 30.3 Å². The molecule has 0 saturated carbocycles. The summed E-state index contributed by atoms with van der Waals surface area (Å²) in [5.41, 5.74) is 9.75. The average Bonchev–Trinajstić information content (AvgIpc) is 2.71. The maximum absolute atomic E-state index is 10.6. The number of para-hydroxylation sites is 1. The number of H-pyrrole nitrogens is 1. The largest absolute Gasteiger partial charge is 0.472 e. The van der Waals surface area contributed by atoms with Crippen molar-refractivity contribution < 1.29 is 14.7 Å². The average molecular weight is 227 g/mol. The molecular formula is C12H9N3O2. The maximum atomic E-state index is 10.6. The van der Waals surface area contributed by atoms with E-state index in [0.29, 0.717) is 0 Å². The summed E-state index contributed by atoms with van der Waals surface area (Å²) in [4.78, 5) is 16.3. The van der Waals surface area contributed by atoms with Gasteiger partial charge in [-0.1, -0.05) is 18.2 Å². The lowest BCUT2D eigenvalue weighted by Crippen LogP contribution is -2.10. The molecule has 2 rings (SSSR count). The molecule has 5 heteroatoms. The van der Waals surface area contributed by atoms with Crippen molar-refractivity contribution in [2.24, 2.45) is 0 Å². The van der Waals surface area contributed by atoms with Crippen LogP contribution in [0.15, 0.2) is 36.4 Å². The van der Waals surface area contributed by atoms with E-state index < -0.39 is 11.7 Å². The lowest BCUT2D eigenvalue weighted by Gasteiger charge is -1.84. The molecule has 0 spiro atoms. The number of benzene rings is 1. The van der Waals surface area contributed by atoms with Crippen LogP contribution >= 0.6 is 0 Å². The normalized spacial score (nSPS) is 10.6. The number of hydrogen-bond donors (Lipinski definition) is 2. The van der Waals surface area contributed by atoms with Crippen LogP contribution in [0.25, 0.3) is 22.5 Å². The summed E-state index contributed by atoms with van der Waals surface area (Å²) in [6.07, 6.45) is 2.77. The molecule has 0 saturated heterocycles. The van der Waals surface area contributed by atoms with Gasteiger partial charge in [-0.15, -0.1) is 0 Å². The lowest BCUT2D eigenvalue weighted by atomic mass is 10.2. The summed E-state index contributed by atoms with van der Waals surface area (Å²) < 4.78 is 0. The van der Waals surface area contributed by atoms with Crippen molar-refractivity contribution in [2.45, 2.75) is 0 Å². The minimum atomic E-state index is -1.28. The second-order valence-electron chi connectivity index (χ2n) is 3.44. The van der Waals surface area contributed by atoms with Crippen LogP contribution in [0, 0.1) is 0 Å². The number of aliphatic carboxylic acids is 1. The summed E-state index contributed by atoms with van der Waals surface area (Å²) in [5, 5.41) is 9.67. The highest BCUT2D eigenvalue weighted by Gasteiger charge is 2.13. The zero-order chi connectivity index (χ0) is 12.3. The SMILES string of the molecule is [N-]=[N+]=C(C=Cc1cc2ccccc2[nH]1)C(=O)O. The van der Waals surface area contributed by atoms with E-state index in [4.69, 9.17) is 10.6 Å². The number of carboxylic acid groups (broad SMARTS) is 1. The standard InChI is InChI=1S/C12H9N3O2/c13-15-11(12(16)17)6-5-9-7-8-3-1-2-4-10(8)14-9/h1-7,14H,(H,16,17). The molecule has 1 aromatic carbocycles. The molecular weight excluding hydrogens is 218 g/mol. The van der Waals surface area contributed by atoms with Crippen LogP contribution in [0.1, 0.15) is 5.69 Å². The van der Waals surface area contributed by atoms with E-state index in [0.717, 1.165) is 16.6 Å². The van der Waals surface area contributed by atoms with Gasteiger partial charge in [-0.2, -0.15) is 4.79 Å². The van der Waals surface area contributed by atoms with Crippen molar-refractivity contribution in [1.82, 2.24) is 4.98 Å². The predicted molar refractivity (Wildman–Crippen MR) is 63.6 cm³/mol. The Morgan fingerprint density at radius 1 is 1.41 bits per heavy atom. The smallest absolute Gasteiger partial charge is 0.419 e. The van der Waals surface area contributed by atoms with Gasteiger partial charge < -0.3 is 15.6 Å². The molecule has 5 nitrogen and oxygen atoms in total. The van der Waals surface area contributed by atoms with Gasteiger partial charge in [0.25, 0.3) is 0 Å². The topological polar surface area (TPSA) is 89.5 Å². The fourth-order valence-corrected chi connectivity index (χ4v) is 1.50. The molecule has 0 amide bonds. The molecule has 1 aromatic heterocycles. The van der Waals surface area contributed by atoms with Gasteiger partial charge in [0.05, 0.1) is 0 Å². The molecule has 1 heterocycles. The van der Waals surface area contributed by atoms with E-state index in [1.165, 1.54) is 6.08 Å². The Hall–Kier alpha value is -2.65. The monoisotopic (exact) mass is 227 g/mol. The van der Waals surface area contributed by atoms with E-state index in [9.17, 15) is 4.79 Å². The molecule has 2 N–H and O–H groups in total. The van der Waals surface area contributed by atoms with Gasteiger partial charge in [0, 0.05) is 17.3 Å². The number of aromatic amines is 1. The van der Waals surface area contributed by atoms with Gasteiger partial charge in [-0.25, -0.2) is 4.79 Å². The van der Waals surface area contributed by atoms with Crippen molar-refractivity contribution in [2.75, 3.05) is 0 Å². The number of carboxylic acids is 1. The van der Waals surface area contributed by atoms with Gasteiger partial charge in [0.15, 0.2) is 0 Å². The molecule has 0 aliphatic heterocycles. The Morgan fingerprint density at radius 3 is 2.82 bits per heavy atom. The maximum Gasteiger partial charge on any atom is 0.419 e. The third kappa shape index (κ3) is 2.30. The summed E-state index contributed by atoms with van der Waals surface area (Å²) in [7, 11) is 0. The Kier molecular flexibility index (Phi) is 2.85. The van der Waals surface area contributed by atoms with Crippen LogP contribution in [0.4, 0.5) is 0 Å². The zero-order valence-corrected chi connectivity index (χ0v) is 8.79. The summed E-state index contributed by atoms with van der Waals surface area (Å²) in [6.45, 7) is 0. The third-order valence-electron chi connectivity index (χ3n) is 2.30. The third-order valence-corrected chi connectivity index (χ3v) is 2.30. The quantitative estimate of drug-likeness (QED) is 0.476. The Morgan fingerprint density at radius 2 is 2.18 bits per heavy atom. The van der Waals surface area contributed by atoms with Gasteiger partial charge in [-0.3, -0.25) is 0 Å². The van der Waals surface area contributed by atoms with Crippen molar-refractivity contribution in [3.8, 4) is 0 Å². The van der Waals surface area contributed by atoms with Crippen LogP contribution in [0.3, 0.4) is 0 Å². The number of nitrogens with one attached hydrogen (secondary N) is 1. The van der Waals surface area contributed by atoms with Crippen molar-refractivity contribution in [1.29, 1.82) is 0 Å². The highest BCUT2D eigenvalue weighted by molar-refractivity contribution is 6.38. The first kappa shape index (κ1) is 10.9. The zero-order valence-electron chi connectivity index (χ0n) is 8.79. The number of carbonyl (C=O) groups is 1. The highest BCUT2D eigenvalue weighted by atomic mass is 16.4. The highest BCUT2D eigenvalue weighted by Crippen LogP contribution is 2.15. The van der Waals surface area contributed by atoms with Crippen LogP contribution in [0.2, 0.25) is 0 Å². The van der Waals surface area contributed by atoms with Gasteiger partial charge in [0.2, 0.25) is 0 Å². The fourth-order valence-electron chi connectivity index (χ4n) is 1.50. The van der Waals surface area contributed by atoms with Gasteiger partial charge >= 0.3 is 11.7 Å². The molecule has 0 atom stereocenters. The summed E-state index contributed by atoms with van der Waals surface area (Å²) >= 11 is 0. The fraction of sp³-hybridized carbons (Fsp3) is 0. The van der Waals surface area contributed by atoms with Gasteiger partial charge in [0.1, 0.15) is 0 Å². The number of aromatic nitrogens is 1. The Balaban J connectivity index is 2.33. The molecule has 0 bridgehead atoms. The van der Waals surface area contributed by atoms with Gasteiger partial charge in [-0.05, 0) is 23.6 Å². The van der Waals surface area contributed by atoms with E-state index in [1.54, 1.807) is 6.08 Å². The number of hydrogen-bond acceptors (Lipinski definition) is 1. The summed E-state index contributed by atoms with van der Waals surface area (Å²) in [5.74, 6) is -1.28. The predicted octanol–water partition coefficient (Wildman–Crippen LogP) is 1.94. The Labute approximate surface area is 96.6 Å². The first-order valence-corrected chi connectivity index (χ1v) is 4.92. The van der Waals surface area contributed by atoms with E-state index >= 15 is 0 Å². The van der Waals surface area contributed by atoms with Crippen LogP contribution in [0.5, 0.6) is 0 Å². The molecule has 0 fully saturated rings. The molecule has 0 unspecified atom stereocenters. The summed E-state index contributed by atoms with van der Waals surface area (Å²) in [6, 6.07) is 9.57. The first-order chi connectivity index (χ1) is 8.20. The van der Waals surface area contributed by atoms with Crippen molar-refractivity contribution in [3.05, 3.63) is 47.6 Å². The molecule has 17 heavy (non-hydrogen) atoms. The van der Waals surface area contributed by atoms with Crippen LogP contribution < -0.4 is 0 Å². The van der Waals surface area contributed by atoms with Crippen molar-refractivity contribution in [3.63, 3.8) is 0 Å². The minimum absolute atomic E-state index is 0.413. The molecule has 0 aliphatic carbocycles. The number of nitrogens with zero attached hydrogens (tertiary/aromatic N) is 2. The molecule has 0 aliphatic rings. The number of rotatable bonds is 3. The first-order valence-electron chi connectivity index (χ1n) is 4.92.